The van der Waals surface area contributed by atoms with Crippen molar-refractivity contribution in [1.82, 2.24) is 14.5 Å². The average Bonchev–Trinajstić information content (AvgIpc) is 2.58. The van der Waals surface area contributed by atoms with Crippen LogP contribution in [0.4, 0.5) is 0 Å². The largest absolute Gasteiger partial charge is 0.474 e. The number of aromatic nitrogens is 2. The van der Waals surface area contributed by atoms with Crippen LogP contribution < -0.4 is 10.3 Å². The minimum Gasteiger partial charge on any atom is -0.474 e. The summed E-state index contributed by atoms with van der Waals surface area (Å²) in [6.07, 6.45) is 5.96. The van der Waals surface area contributed by atoms with Crippen LogP contribution in [0.5, 0.6) is 5.88 Å². The molecule has 2 aromatic rings. The summed E-state index contributed by atoms with van der Waals surface area (Å²) < 4.78 is 7.60. The van der Waals surface area contributed by atoms with Gasteiger partial charge in [0, 0.05) is 56.3 Å². The van der Waals surface area contributed by atoms with E-state index >= 15 is 0 Å². The predicted molar refractivity (Wildman–Crippen MR) is 95.3 cm³/mol. The normalized spacial score (nSPS) is 16.5. The number of likely N-dealkylation sites (tertiary alicyclic amines) is 1. The van der Waals surface area contributed by atoms with Crippen LogP contribution in [-0.4, -0.2) is 39.7 Å². The Balaban J connectivity index is 1.63. The first kappa shape index (κ1) is 16.7. The van der Waals surface area contributed by atoms with Gasteiger partial charge in [-0.05, 0) is 44.4 Å². The third-order valence-corrected chi connectivity index (χ3v) is 4.65. The number of pyridine rings is 2. The zero-order chi connectivity index (χ0) is 17.1. The van der Waals surface area contributed by atoms with Crippen molar-refractivity contribution in [1.29, 1.82) is 0 Å². The number of aryl methyl sites for hydroxylation is 1. The third kappa shape index (κ3) is 3.85. The van der Waals surface area contributed by atoms with Crippen LogP contribution in [0.25, 0.3) is 11.1 Å². The molecule has 0 radical (unpaired) electrons. The molecule has 0 bridgehead atoms. The monoisotopic (exact) mass is 327 g/mol. The van der Waals surface area contributed by atoms with E-state index in [1.165, 1.54) is 0 Å². The molecule has 0 atom stereocenters. The lowest BCUT2D eigenvalue weighted by molar-refractivity contribution is 0.0813. The van der Waals surface area contributed by atoms with Crippen molar-refractivity contribution in [3.05, 3.63) is 47.0 Å². The molecule has 0 saturated carbocycles. The molecule has 2 aromatic heterocycles. The molecule has 1 aliphatic rings. The maximum Gasteiger partial charge on any atom is 0.250 e. The zero-order valence-corrected chi connectivity index (χ0v) is 14.6. The van der Waals surface area contributed by atoms with Gasteiger partial charge in [-0.3, -0.25) is 4.79 Å². The second-order valence-corrected chi connectivity index (χ2v) is 6.70. The summed E-state index contributed by atoms with van der Waals surface area (Å²) >= 11 is 0. The highest BCUT2D eigenvalue weighted by molar-refractivity contribution is 5.61. The van der Waals surface area contributed by atoms with E-state index in [0.717, 1.165) is 37.1 Å². The van der Waals surface area contributed by atoms with E-state index in [-0.39, 0.29) is 11.7 Å². The number of rotatable bonds is 4. The van der Waals surface area contributed by atoms with E-state index < -0.39 is 0 Å². The summed E-state index contributed by atoms with van der Waals surface area (Å²) in [6, 6.07) is 7.90. The summed E-state index contributed by atoms with van der Waals surface area (Å²) in [5.74, 6) is 0.673. The Bertz CT molecular complexity index is 729. The lowest BCUT2D eigenvalue weighted by atomic mass is 10.1. The van der Waals surface area contributed by atoms with E-state index in [4.69, 9.17) is 4.74 Å². The van der Waals surface area contributed by atoms with E-state index in [1.807, 2.05) is 24.4 Å². The molecule has 0 aliphatic carbocycles. The van der Waals surface area contributed by atoms with Crippen LogP contribution in [-0.2, 0) is 7.05 Å². The smallest absolute Gasteiger partial charge is 0.250 e. The van der Waals surface area contributed by atoms with Gasteiger partial charge in [-0.2, -0.15) is 0 Å². The molecule has 1 aliphatic heterocycles. The van der Waals surface area contributed by atoms with Gasteiger partial charge in [0.1, 0.15) is 6.10 Å². The summed E-state index contributed by atoms with van der Waals surface area (Å²) in [5, 5.41) is 0. The van der Waals surface area contributed by atoms with Crippen molar-refractivity contribution in [3.63, 3.8) is 0 Å². The van der Waals surface area contributed by atoms with Gasteiger partial charge in [-0.1, -0.05) is 0 Å². The third-order valence-electron chi connectivity index (χ3n) is 4.65. The second kappa shape index (κ2) is 7.18. The van der Waals surface area contributed by atoms with Gasteiger partial charge in [0.25, 0.3) is 0 Å². The number of piperidine rings is 1. The van der Waals surface area contributed by atoms with E-state index in [2.05, 4.69) is 23.7 Å². The fourth-order valence-corrected chi connectivity index (χ4v) is 3.07. The lowest BCUT2D eigenvalue weighted by Crippen LogP contribution is -2.41. The van der Waals surface area contributed by atoms with Crippen molar-refractivity contribution < 1.29 is 4.74 Å². The molecule has 0 spiro atoms. The highest BCUT2D eigenvalue weighted by atomic mass is 16.5. The molecule has 0 N–H and O–H groups in total. The summed E-state index contributed by atoms with van der Waals surface area (Å²) in [7, 11) is 1.75. The van der Waals surface area contributed by atoms with Crippen LogP contribution >= 0.6 is 0 Å². The van der Waals surface area contributed by atoms with Crippen LogP contribution in [0.15, 0.2) is 41.5 Å². The maximum absolute atomic E-state index is 11.5. The van der Waals surface area contributed by atoms with Gasteiger partial charge < -0.3 is 14.2 Å². The molecule has 3 heterocycles. The van der Waals surface area contributed by atoms with Crippen molar-refractivity contribution in [2.75, 3.05) is 13.1 Å². The minimum atomic E-state index is -0.0144. The van der Waals surface area contributed by atoms with Crippen molar-refractivity contribution in [2.45, 2.75) is 38.8 Å². The Morgan fingerprint density at radius 1 is 1.12 bits per heavy atom. The first-order chi connectivity index (χ1) is 11.5. The van der Waals surface area contributed by atoms with Crippen LogP contribution in [0.2, 0.25) is 0 Å². The van der Waals surface area contributed by atoms with Crippen LogP contribution in [0.1, 0.15) is 26.7 Å². The van der Waals surface area contributed by atoms with Gasteiger partial charge in [0.05, 0.1) is 0 Å². The topological polar surface area (TPSA) is 47.4 Å². The molecule has 1 saturated heterocycles. The number of nitrogens with zero attached hydrogens (tertiary/aromatic N) is 3. The second-order valence-electron chi connectivity index (χ2n) is 6.70. The molecule has 0 amide bonds. The highest BCUT2D eigenvalue weighted by Gasteiger charge is 2.22. The van der Waals surface area contributed by atoms with Gasteiger partial charge in [-0.15, -0.1) is 0 Å². The molecule has 1 fully saturated rings. The van der Waals surface area contributed by atoms with E-state index in [0.29, 0.717) is 11.9 Å². The SMILES string of the molecule is CC(C)N1CCC(Oc2ccc(-c3ccc(=O)n(C)c3)cn2)CC1. The van der Waals surface area contributed by atoms with Crippen molar-refractivity contribution in [3.8, 4) is 17.0 Å². The number of hydrogen-bond donors (Lipinski definition) is 0. The molecular formula is C19H25N3O2. The Labute approximate surface area is 142 Å². The fraction of sp³-hybridized carbons (Fsp3) is 0.474. The van der Waals surface area contributed by atoms with Gasteiger partial charge in [0.2, 0.25) is 11.4 Å². The molecule has 3 rings (SSSR count). The number of hydrogen-bond acceptors (Lipinski definition) is 4. The average molecular weight is 327 g/mol. The van der Waals surface area contributed by atoms with Crippen LogP contribution in [0.3, 0.4) is 0 Å². The molecule has 0 unspecified atom stereocenters. The van der Waals surface area contributed by atoms with Crippen LogP contribution in [0, 0.1) is 0 Å². The standard InChI is InChI=1S/C19H25N3O2/c1-14(2)22-10-8-17(9-11-22)24-18-6-4-15(12-20-18)16-5-7-19(23)21(3)13-16/h4-7,12-14,17H,8-11H2,1-3H3. The highest BCUT2D eigenvalue weighted by Crippen LogP contribution is 2.22. The summed E-state index contributed by atoms with van der Waals surface area (Å²) in [4.78, 5) is 18.4. The number of ether oxygens (including phenoxy) is 1. The van der Waals surface area contributed by atoms with E-state index in [1.54, 1.807) is 23.9 Å². The Morgan fingerprint density at radius 2 is 1.83 bits per heavy atom. The molecule has 5 heteroatoms. The minimum absolute atomic E-state index is 0.0144. The molecular weight excluding hydrogens is 302 g/mol. The Morgan fingerprint density at radius 3 is 2.42 bits per heavy atom. The lowest BCUT2D eigenvalue weighted by Gasteiger charge is -2.34. The fourth-order valence-electron chi connectivity index (χ4n) is 3.07. The summed E-state index contributed by atoms with van der Waals surface area (Å²) in [6.45, 7) is 6.64. The molecule has 24 heavy (non-hydrogen) atoms. The van der Waals surface area contributed by atoms with Crippen molar-refractivity contribution in [2.24, 2.45) is 7.05 Å². The quantitative estimate of drug-likeness (QED) is 0.866. The van der Waals surface area contributed by atoms with Crippen molar-refractivity contribution >= 4 is 0 Å². The van der Waals surface area contributed by atoms with Gasteiger partial charge in [-0.25, -0.2) is 4.98 Å². The van der Waals surface area contributed by atoms with E-state index in [9.17, 15) is 4.79 Å². The zero-order valence-electron chi connectivity index (χ0n) is 14.6. The van der Waals surface area contributed by atoms with Gasteiger partial charge >= 0.3 is 0 Å². The maximum atomic E-state index is 11.5. The summed E-state index contributed by atoms with van der Waals surface area (Å²) in [5.41, 5.74) is 1.94. The molecule has 5 nitrogen and oxygen atoms in total. The Kier molecular flexibility index (Phi) is 5.00. The first-order valence-corrected chi connectivity index (χ1v) is 8.57. The first-order valence-electron chi connectivity index (χ1n) is 8.57. The van der Waals surface area contributed by atoms with Gasteiger partial charge in [0.15, 0.2) is 0 Å². The molecule has 0 aromatic carbocycles. The predicted octanol–water partition coefficient (Wildman–Crippen LogP) is 2.70. The Hall–Kier alpha value is -2.14. The molecule has 128 valence electrons.